The lowest BCUT2D eigenvalue weighted by atomic mass is 10.0. The predicted octanol–water partition coefficient (Wildman–Crippen LogP) is 4.17. The van der Waals surface area contributed by atoms with Crippen molar-refractivity contribution in [3.8, 4) is 0 Å². The van der Waals surface area contributed by atoms with Crippen LogP contribution in [0, 0.1) is 5.82 Å². The third kappa shape index (κ3) is 3.92. The van der Waals surface area contributed by atoms with Gasteiger partial charge in [0.15, 0.2) is 0 Å². The Hall–Kier alpha value is -1.66. The Morgan fingerprint density at radius 2 is 1.90 bits per heavy atom. The van der Waals surface area contributed by atoms with E-state index in [2.05, 4.69) is 4.98 Å². The average molecular weight is 320 g/mol. The first-order valence-electron chi connectivity index (χ1n) is 5.92. The molecule has 112 valence electrons. The molecule has 1 aromatic carbocycles. The van der Waals surface area contributed by atoms with E-state index in [4.69, 9.17) is 11.6 Å². The van der Waals surface area contributed by atoms with Crippen LogP contribution in [0.25, 0.3) is 0 Å². The number of hydrogen-bond acceptors (Lipinski definition) is 2. The van der Waals surface area contributed by atoms with Crippen LogP contribution in [0.4, 0.5) is 17.6 Å². The van der Waals surface area contributed by atoms with Crippen molar-refractivity contribution in [3.05, 3.63) is 64.2 Å². The maximum absolute atomic E-state index is 12.9. The van der Waals surface area contributed by atoms with Crippen molar-refractivity contribution in [2.75, 3.05) is 0 Å². The zero-order chi connectivity index (χ0) is 15.6. The zero-order valence-corrected chi connectivity index (χ0v) is 11.3. The highest BCUT2D eigenvalue weighted by atomic mass is 35.5. The second kappa shape index (κ2) is 5.99. The van der Waals surface area contributed by atoms with E-state index >= 15 is 0 Å². The Morgan fingerprint density at radius 1 is 1.19 bits per heavy atom. The highest BCUT2D eigenvalue weighted by Gasteiger charge is 2.30. The van der Waals surface area contributed by atoms with Gasteiger partial charge in [-0.2, -0.15) is 13.2 Å². The minimum atomic E-state index is -4.48. The van der Waals surface area contributed by atoms with E-state index in [0.29, 0.717) is 11.8 Å². The fourth-order valence-corrected chi connectivity index (χ4v) is 2.01. The number of aromatic nitrogens is 1. The predicted molar refractivity (Wildman–Crippen MR) is 69.3 cm³/mol. The molecule has 1 atom stereocenters. The van der Waals surface area contributed by atoms with Gasteiger partial charge >= 0.3 is 6.18 Å². The highest BCUT2D eigenvalue weighted by molar-refractivity contribution is 6.31. The second-order valence-electron chi connectivity index (χ2n) is 4.43. The molecule has 0 radical (unpaired) electrons. The molecule has 0 aliphatic carbocycles. The van der Waals surface area contributed by atoms with Crippen molar-refractivity contribution < 1.29 is 22.7 Å². The second-order valence-corrected chi connectivity index (χ2v) is 4.83. The lowest BCUT2D eigenvalue weighted by Crippen LogP contribution is -2.09. The van der Waals surface area contributed by atoms with Crippen LogP contribution in [0.3, 0.4) is 0 Å². The van der Waals surface area contributed by atoms with Crippen molar-refractivity contribution in [3.63, 3.8) is 0 Å². The first kappa shape index (κ1) is 15.7. The van der Waals surface area contributed by atoms with E-state index in [1.165, 1.54) is 12.1 Å². The van der Waals surface area contributed by atoms with Gasteiger partial charge in [0.1, 0.15) is 5.82 Å². The van der Waals surface area contributed by atoms with Crippen molar-refractivity contribution in [2.45, 2.75) is 18.7 Å². The summed E-state index contributed by atoms with van der Waals surface area (Å²) in [6.45, 7) is 0. The molecule has 0 saturated heterocycles. The van der Waals surface area contributed by atoms with E-state index in [-0.39, 0.29) is 17.1 Å². The molecule has 0 bridgehead atoms. The van der Waals surface area contributed by atoms with Crippen LogP contribution in [0.1, 0.15) is 22.9 Å². The minimum Gasteiger partial charge on any atom is -0.386 e. The maximum Gasteiger partial charge on any atom is 0.417 e. The van der Waals surface area contributed by atoms with E-state index in [9.17, 15) is 22.7 Å². The molecule has 0 amide bonds. The summed E-state index contributed by atoms with van der Waals surface area (Å²) in [7, 11) is 0. The van der Waals surface area contributed by atoms with E-state index in [1.807, 2.05) is 0 Å². The first-order valence-corrected chi connectivity index (χ1v) is 6.30. The number of halogens is 5. The van der Waals surface area contributed by atoms with Crippen molar-refractivity contribution in [1.29, 1.82) is 0 Å². The van der Waals surface area contributed by atoms with Crippen LogP contribution in [0.2, 0.25) is 5.02 Å². The zero-order valence-electron chi connectivity index (χ0n) is 10.5. The molecule has 7 heteroatoms. The van der Waals surface area contributed by atoms with Gasteiger partial charge in [0, 0.05) is 17.6 Å². The maximum atomic E-state index is 12.9. The molecule has 1 heterocycles. The van der Waals surface area contributed by atoms with Gasteiger partial charge in [0.25, 0.3) is 0 Å². The molecule has 2 nitrogen and oxygen atoms in total. The fraction of sp³-hybridized carbons (Fsp3) is 0.214. The van der Waals surface area contributed by atoms with Crippen LogP contribution >= 0.6 is 11.6 Å². The number of aliphatic hydroxyl groups excluding tert-OH is 1. The summed E-state index contributed by atoms with van der Waals surface area (Å²) in [4.78, 5) is 3.60. The van der Waals surface area contributed by atoms with E-state index < -0.39 is 23.7 Å². The average Bonchev–Trinajstić information content (AvgIpc) is 2.41. The van der Waals surface area contributed by atoms with Gasteiger partial charge in [-0.05, 0) is 29.8 Å². The van der Waals surface area contributed by atoms with Gasteiger partial charge in [0.2, 0.25) is 0 Å². The van der Waals surface area contributed by atoms with Crippen LogP contribution in [-0.2, 0) is 12.6 Å². The van der Waals surface area contributed by atoms with Crippen LogP contribution in [0.15, 0.2) is 36.5 Å². The highest BCUT2D eigenvalue weighted by Crippen LogP contribution is 2.29. The van der Waals surface area contributed by atoms with Gasteiger partial charge in [-0.25, -0.2) is 4.39 Å². The molecule has 0 fully saturated rings. The van der Waals surface area contributed by atoms with Crippen LogP contribution in [-0.4, -0.2) is 10.1 Å². The largest absolute Gasteiger partial charge is 0.417 e. The lowest BCUT2D eigenvalue weighted by molar-refractivity contribution is -0.137. The number of rotatable bonds is 3. The Bertz CT molecular complexity index is 628. The standard InChI is InChI=1S/C14H10ClF4NO/c15-11-6-10(16)3-1-8(11)5-13(21)12-4-2-9(7-20-12)14(17,18)19/h1-4,6-7,13,21H,5H2. The molecular formula is C14H10ClF4NO. The summed E-state index contributed by atoms with van der Waals surface area (Å²) in [5.41, 5.74) is -0.325. The molecular weight excluding hydrogens is 310 g/mol. The Labute approximate surface area is 123 Å². The molecule has 0 saturated carbocycles. The molecule has 0 aliphatic rings. The molecule has 2 rings (SSSR count). The van der Waals surface area contributed by atoms with Crippen LogP contribution in [0.5, 0.6) is 0 Å². The number of aliphatic hydroxyl groups is 1. The van der Waals surface area contributed by atoms with E-state index in [1.54, 1.807) is 0 Å². The number of alkyl halides is 3. The Balaban J connectivity index is 2.15. The summed E-state index contributed by atoms with van der Waals surface area (Å²) in [5, 5.41) is 10.1. The minimum absolute atomic E-state index is 0.0253. The van der Waals surface area contributed by atoms with Gasteiger partial charge in [-0.3, -0.25) is 4.98 Å². The SMILES string of the molecule is OC(Cc1ccc(F)cc1Cl)c1ccc(C(F)(F)F)cn1. The smallest absolute Gasteiger partial charge is 0.386 e. The topological polar surface area (TPSA) is 33.1 Å². The molecule has 1 unspecified atom stereocenters. The molecule has 2 aromatic rings. The summed E-state index contributed by atoms with van der Waals surface area (Å²) < 4.78 is 50.1. The first-order chi connectivity index (χ1) is 9.77. The van der Waals surface area contributed by atoms with E-state index in [0.717, 1.165) is 18.2 Å². The van der Waals surface area contributed by atoms with Gasteiger partial charge in [0.05, 0.1) is 17.4 Å². The monoisotopic (exact) mass is 319 g/mol. The molecule has 1 N–H and O–H groups in total. The molecule has 0 spiro atoms. The van der Waals surface area contributed by atoms with Crippen molar-refractivity contribution >= 4 is 11.6 Å². The summed E-state index contributed by atoms with van der Waals surface area (Å²) in [5.74, 6) is -0.508. The summed E-state index contributed by atoms with van der Waals surface area (Å²) in [6.07, 6.45) is -4.92. The van der Waals surface area contributed by atoms with Gasteiger partial charge in [-0.15, -0.1) is 0 Å². The van der Waals surface area contributed by atoms with Crippen molar-refractivity contribution in [2.24, 2.45) is 0 Å². The third-order valence-corrected chi connectivity index (χ3v) is 3.24. The number of nitrogens with zero attached hydrogens (tertiary/aromatic N) is 1. The van der Waals surface area contributed by atoms with Gasteiger partial charge in [-0.1, -0.05) is 17.7 Å². The van der Waals surface area contributed by atoms with Crippen molar-refractivity contribution in [1.82, 2.24) is 4.98 Å². The molecule has 21 heavy (non-hydrogen) atoms. The number of benzene rings is 1. The number of hydrogen-bond donors (Lipinski definition) is 1. The van der Waals surface area contributed by atoms with Gasteiger partial charge < -0.3 is 5.11 Å². The normalized spacial score (nSPS) is 13.2. The fourth-order valence-electron chi connectivity index (χ4n) is 1.77. The quantitative estimate of drug-likeness (QED) is 0.861. The number of pyridine rings is 1. The lowest BCUT2D eigenvalue weighted by Gasteiger charge is -2.12. The summed E-state index contributed by atoms with van der Waals surface area (Å²) >= 11 is 5.83. The Morgan fingerprint density at radius 3 is 2.43 bits per heavy atom. The third-order valence-electron chi connectivity index (χ3n) is 2.88. The Kier molecular flexibility index (Phi) is 4.49. The van der Waals surface area contributed by atoms with Crippen LogP contribution < -0.4 is 0 Å². The molecule has 0 aliphatic heterocycles. The summed E-state index contributed by atoms with van der Waals surface area (Å²) in [6, 6.07) is 5.64. The molecule has 1 aromatic heterocycles.